The largest absolute Gasteiger partial charge is 0.490 e. The smallest absolute Gasteiger partial charge is 0.221 e. The molecule has 24 heavy (non-hydrogen) atoms. The monoisotopic (exact) mass is 330 g/mol. The molecule has 1 aliphatic rings. The zero-order chi connectivity index (χ0) is 17.3. The van der Waals surface area contributed by atoms with Crippen molar-refractivity contribution in [3.8, 4) is 17.6 Å². The van der Waals surface area contributed by atoms with Gasteiger partial charge >= 0.3 is 0 Å². The Labute approximate surface area is 144 Å². The van der Waals surface area contributed by atoms with Gasteiger partial charge in [-0.05, 0) is 38.3 Å². The fraction of sp³-hybridized carbons (Fsp3) is 0.579. The summed E-state index contributed by atoms with van der Waals surface area (Å²) < 4.78 is 11.2. The fourth-order valence-electron chi connectivity index (χ4n) is 3.01. The lowest BCUT2D eigenvalue weighted by Gasteiger charge is -2.31. The third kappa shape index (κ3) is 5.16. The van der Waals surface area contributed by atoms with Gasteiger partial charge in [0.1, 0.15) is 5.54 Å². The first-order valence-electron chi connectivity index (χ1n) is 8.76. The summed E-state index contributed by atoms with van der Waals surface area (Å²) >= 11 is 0. The predicted molar refractivity (Wildman–Crippen MR) is 91.9 cm³/mol. The number of nitrogens with one attached hydrogen (secondary N) is 1. The molecule has 1 N–H and O–H groups in total. The minimum atomic E-state index is -0.655. The molecule has 1 saturated carbocycles. The molecule has 130 valence electrons. The van der Waals surface area contributed by atoms with Crippen LogP contribution in [0.2, 0.25) is 0 Å². The van der Waals surface area contributed by atoms with Crippen molar-refractivity contribution < 1.29 is 14.3 Å². The van der Waals surface area contributed by atoms with Gasteiger partial charge in [-0.2, -0.15) is 5.26 Å². The lowest BCUT2D eigenvalue weighted by molar-refractivity contribution is -0.123. The van der Waals surface area contributed by atoms with E-state index in [0.717, 1.165) is 37.9 Å². The van der Waals surface area contributed by atoms with Crippen molar-refractivity contribution in [2.45, 2.75) is 57.4 Å². The van der Waals surface area contributed by atoms with E-state index in [4.69, 9.17) is 9.47 Å². The summed E-state index contributed by atoms with van der Waals surface area (Å²) in [5, 5.41) is 12.3. The number of nitriles is 1. The summed E-state index contributed by atoms with van der Waals surface area (Å²) in [6, 6.07) is 9.82. The normalized spacial score (nSPS) is 16.0. The molecule has 0 heterocycles. The molecule has 0 radical (unpaired) electrons. The second kappa shape index (κ2) is 9.17. The van der Waals surface area contributed by atoms with Crippen LogP contribution in [0, 0.1) is 11.3 Å². The van der Waals surface area contributed by atoms with E-state index in [1.165, 1.54) is 0 Å². The minimum Gasteiger partial charge on any atom is -0.490 e. The molecule has 0 unspecified atom stereocenters. The van der Waals surface area contributed by atoms with Gasteiger partial charge in [0.15, 0.2) is 11.5 Å². The molecule has 1 aliphatic carbocycles. The summed E-state index contributed by atoms with van der Waals surface area (Å²) in [5.74, 6) is 1.34. The van der Waals surface area contributed by atoms with Crippen molar-refractivity contribution in [1.82, 2.24) is 5.32 Å². The van der Waals surface area contributed by atoms with Crippen LogP contribution in [0.15, 0.2) is 24.3 Å². The van der Waals surface area contributed by atoms with E-state index in [0.29, 0.717) is 31.8 Å². The number of carbonyl (C=O) groups excluding carboxylic acids is 1. The van der Waals surface area contributed by atoms with Gasteiger partial charge in [-0.3, -0.25) is 4.79 Å². The van der Waals surface area contributed by atoms with Crippen molar-refractivity contribution in [3.05, 3.63) is 24.3 Å². The van der Waals surface area contributed by atoms with Crippen molar-refractivity contribution in [1.29, 1.82) is 5.26 Å². The maximum absolute atomic E-state index is 12.1. The Kier molecular flexibility index (Phi) is 6.92. The second-order valence-electron chi connectivity index (χ2n) is 6.13. The van der Waals surface area contributed by atoms with E-state index >= 15 is 0 Å². The first-order valence-corrected chi connectivity index (χ1v) is 8.76. The molecule has 0 saturated heterocycles. The number of hydrogen-bond acceptors (Lipinski definition) is 4. The van der Waals surface area contributed by atoms with Crippen LogP contribution >= 0.6 is 0 Å². The SMILES string of the molecule is CCOc1ccccc1OCCCC(=O)NC1(C#N)CCCCC1. The Balaban J connectivity index is 1.74. The van der Waals surface area contributed by atoms with Crippen LogP contribution in [0.1, 0.15) is 51.9 Å². The van der Waals surface area contributed by atoms with Crippen LogP contribution in [-0.2, 0) is 4.79 Å². The zero-order valence-corrected chi connectivity index (χ0v) is 14.3. The van der Waals surface area contributed by atoms with Crippen LogP contribution in [-0.4, -0.2) is 24.7 Å². The highest BCUT2D eigenvalue weighted by Crippen LogP contribution is 2.28. The van der Waals surface area contributed by atoms with E-state index in [1.54, 1.807) is 0 Å². The average molecular weight is 330 g/mol. The van der Waals surface area contributed by atoms with E-state index < -0.39 is 5.54 Å². The molecule has 0 bridgehead atoms. The van der Waals surface area contributed by atoms with Crippen LogP contribution in [0.25, 0.3) is 0 Å². The quantitative estimate of drug-likeness (QED) is 0.739. The van der Waals surface area contributed by atoms with Gasteiger partial charge in [0, 0.05) is 6.42 Å². The standard InChI is InChI=1S/C19H26N2O3/c1-2-23-16-9-4-5-10-17(16)24-14-8-11-18(22)21-19(15-20)12-6-3-7-13-19/h4-5,9-10H,2-3,6-8,11-14H2,1H3,(H,21,22). The Morgan fingerprint density at radius 2 is 1.88 bits per heavy atom. The highest BCUT2D eigenvalue weighted by Gasteiger charge is 2.33. The third-order valence-electron chi connectivity index (χ3n) is 4.25. The number of carbonyl (C=O) groups is 1. The number of nitrogens with zero attached hydrogens (tertiary/aromatic N) is 1. The number of amides is 1. The van der Waals surface area contributed by atoms with Gasteiger partial charge in [0.25, 0.3) is 0 Å². The number of ether oxygens (including phenoxy) is 2. The van der Waals surface area contributed by atoms with Crippen molar-refractivity contribution in [3.63, 3.8) is 0 Å². The molecule has 1 fully saturated rings. The molecule has 2 rings (SSSR count). The molecule has 0 atom stereocenters. The number of para-hydroxylation sites is 2. The number of rotatable bonds is 8. The summed E-state index contributed by atoms with van der Waals surface area (Å²) in [5.41, 5.74) is -0.655. The molecule has 5 nitrogen and oxygen atoms in total. The van der Waals surface area contributed by atoms with Gasteiger partial charge in [-0.1, -0.05) is 31.4 Å². The summed E-state index contributed by atoms with van der Waals surface area (Å²) in [6.45, 7) is 2.95. The van der Waals surface area contributed by atoms with Crippen molar-refractivity contribution in [2.75, 3.05) is 13.2 Å². The van der Waals surface area contributed by atoms with E-state index in [2.05, 4.69) is 11.4 Å². The molecule has 5 heteroatoms. The molecular weight excluding hydrogens is 304 g/mol. The molecule has 0 aliphatic heterocycles. The van der Waals surface area contributed by atoms with Crippen LogP contribution in [0.3, 0.4) is 0 Å². The maximum Gasteiger partial charge on any atom is 0.221 e. The zero-order valence-electron chi connectivity index (χ0n) is 14.3. The van der Waals surface area contributed by atoms with Crippen molar-refractivity contribution in [2.24, 2.45) is 0 Å². The Bertz CT molecular complexity index is 574. The summed E-state index contributed by atoms with van der Waals surface area (Å²) in [6.07, 6.45) is 5.64. The molecular formula is C19H26N2O3. The van der Waals surface area contributed by atoms with E-state index in [9.17, 15) is 10.1 Å². The third-order valence-corrected chi connectivity index (χ3v) is 4.25. The van der Waals surface area contributed by atoms with E-state index in [-0.39, 0.29) is 5.91 Å². The van der Waals surface area contributed by atoms with Gasteiger partial charge in [-0.25, -0.2) is 0 Å². The first kappa shape index (κ1) is 18.1. The fourth-order valence-corrected chi connectivity index (χ4v) is 3.01. The molecule has 1 aromatic carbocycles. The average Bonchev–Trinajstić information content (AvgIpc) is 2.61. The van der Waals surface area contributed by atoms with Crippen LogP contribution < -0.4 is 14.8 Å². The molecule has 0 aromatic heterocycles. The molecule has 0 spiro atoms. The highest BCUT2D eigenvalue weighted by atomic mass is 16.5. The minimum absolute atomic E-state index is 0.0693. The van der Waals surface area contributed by atoms with Crippen LogP contribution in [0.4, 0.5) is 0 Å². The molecule has 1 amide bonds. The van der Waals surface area contributed by atoms with Gasteiger partial charge < -0.3 is 14.8 Å². The maximum atomic E-state index is 12.1. The van der Waals surface area contributed by atoms with Gasteiger partial charge in [0.05, 0.1) is 19.3 Å². The summed E-state index contributed by atoms with van der Waals surface area (Å²) in [7, 11) is 0. The van der Waals surface area contributed by atoms with Gasteiger partial charge in [-0.15, -0.1) is 0 Å². The van der Waals surface area contributed by atoms with E-state index in [1.807, 2.05) is 31.2 Å². The number of benzene rings is 1. The lowest BCUT2D eigenvalue weighted by Crippen LogP contribution is -2.48. The summed E-state index contributed by atoms with van der Waals surface area (Å²) in [4.78, 5) is 12.1. The van der Waals surface area contributed by atoms with Crippen LogP contribution in [0.5, 0.6) is 11.5 Å². The number of hydrogen-bond donors (Lipinski definition) is 1. The Hall–Kier alpha value is -2.22. The van der Waals surface area contributed by atoms with Gasteiger partial charge in [0.2, 0.25) is 5.91 Å². The molecule has 1 aromatic rings. The lowest BCUT2D eigenvalue weighted by atomic mass is 9.83. The predicted octanol–water partition coefficient (Wildman–Crippen LogP) is 3.59. The Morgan fingerprint density at radius 1 is 1.21 bits per heavy atom. The second-order valence-corrected chi connectivity index (χ2v) is 6.13. The Morgan fingerprint density at radius 3 is 2.50 bits per heavy atom. The topological polar surface area (TPSA) is 71.3 Å². The van der Waals surface area contributed by atoms with Crippen molar-refractivity contribution >= 4 is 5.91 Å². The highest BCUT2D eigenvalue weighted by molar-refractivity contribution is 5.77. The first-order chi connectivity index (χ1) is 11.7.